The molecule has 0 aromatic heterocycles. The van der Waals surface area contributed by atoms with Crippen molar-refractivity contribution in [3.8, 4) is 23.0 Å². The second kappa shape index (κ2) is 14.4. The second-order valence-electron chi connectivity index (χ2n) is 17.2. The van der Waals surface area contributed by atoms with E-state index < -0.39 is 23.7 Å². The summed E-state index contributed by atoms with van der Waals surface area (Å²) in [6.07, 6.45) is 1.20. The Morgan fingerprint density at radius 2 is 1.00 bits per heavy atom. The number of fused-ring (bicyclic) bond motifs is 2. The number of methoxy groups -OCH3 is 2. The van der Waals surface area contributed by atoms with Crippen LogP contribution >= 0.6 is 0 Å². The fourth-order valence-corrected chi connectivity index (χ4v) is 11.4. The zero-order valence-electron chi connectivity index (χ0n) is 32.0. The highest BCUT2D eigenvalue weighted by atomic mass is 16.6. The summed E-state index contributed by atoms with van der Waals surface area (Å²) >= 11 is 0. The molecule has 3 aliphatic carbocycles. The van der Waals surface area contributed by atoms with Gasteiger partial charge in [-0.3, -0.25) is 9.59 Å². The van der Waals surface area contributed by atoms with E-state index >= 15 is 0 Å². The van der Waals surface area contributed by atoms with Crippen molar-refractivity contribution < 1.29 is 38.7 Å². The van der Waals surface area contributed by atoms with Gasteiger partial charge in [0.25, 0.3) is 0 Å². The summed E-state index contributed by atoms with van der Waals surface area (Å²) in [6, 6.07) is 10.1. The molecule has 2 aromatic rings. The average Bonchev–Trinajstić information content (AvgIpc) is 3.57. The summed E-state index contributed by atoms with van der Waals surface area (Å²) in [5.74, 6) is 0.474. The number of carbonyl (C=O) groups is 2. The summed E-state index contributed by atoms with van der Waals surface area (Å²) in [5, 5.41) is 21.1. The standard InChI is InChI=1S/C42H58N2O8/c1-21-17-43(5)19-29-23(3)33(15-27(21)29)51-41(47)39-37(25-9-11-31(45)35(13-25)49-7)40(38(39)26-10-12-32(46)36(14-26)50-8)42(48)52-34-16-28-22(2)18-44(6)20-30(28)24(34)4/h9-14,21-24,27-30,33-34,37-40,45-46H,15-20H2,1-8H3/t21-,22-,23-,24-,27-,28-,29-,30-,33+,34+,37?,38?,39?,40?/m0/s1. The van der Waals surface area contributed by atoms with Gasteiger partial charge in [-0.2, -0.15) is 0 Å². The van der Waals surface area contributed by atoms with E-state index in [9.17, 15) is 19.8 Å². The predicted octanol–water partition coefficient (Wildman–Crippen LogP) is 5.76. The maximum absolute atomic E-state index is 14.7. The number of phenolic OH excluding ortho intramolecular Hbond substituents is 2. The molecule has 3 saturated carbocycles. The van der Waals surface area contributed by atoms with E-state index in [1.807, 2.05) is 0 Å². The number of carbonyl (C=O) groups excluding carboxylic acids is 2. The van der Waals surface area contributed by atoms with Crippen molar-refractivity contribution in [2.75, 3.05) is 54.5 Å². The number of phenols is 2. The average molecular weight is 719 g/mol. The fourth-order valence-electron chi connectivity index (χ4n) is 11.4. The number of hydrogen-bond acceptors (Lipinski definition) is 10. The number of aromatic hydroxyl groups is 2. The Kier molecular flexibility index (Phi) is 10.2. The van der Waals surface area contributed by atoms with Crippen molar-refractivity contribution >= 4 is 11.9 Å². The Hall–Kier alpha value is -3.50. The first-order valence-corrected chi connectivity index (χ1v) is 19.3. The van der Waals surface area contributed by atoms with Gasteiger partial charge in [0, 0.05) is 38.0 Å². The number of hydrogen-bond donors (Lipinski definition) is 2. The maximum Gasteiger partial charge on any atom is 0.310 e. The van der Waals surface area contributed by atoms with Crippen molar-refractivity contribution in [3.63, 3.8) is 0 Å². The minimum absolute atomic E-state index is 0.0217. The predicted molar refractivity (Wildman–Crippen MR) is 196 cm³/mol. The van der Waals surface area contributed by atoms with Crippen LogP contribution in [0.25, 0.3) is 0 Å². The van der Waals surface area contributed by atoms with E-state index in [4.69, 9.17) is 18.9 Å². The second-order valence-corrected chi connectivity index (χ2v) is 17.2. The van der Waals surface area contributed by atoms with E-state index in [0.717, 1.165) is 39.0 Å². The molecule has 10 heteroatoms. The molecule has 0 spiro atoms. The number of piperidine rings is 2. The summed E-state index contributed by atoms with van der Waals surface area (Å²) in [7, 11) is 7.31. The van der Waals surface area contributed by atoms with Crippen molar-refractivity contribution in [2.45, 2.75) is 64.6 Å². The van der Waals surface area contributed by atoms with E-state index in [0.29, 0.717) is 46.6 Å². The summed E-state index contributed by atoms with van der Waals surface area (Å²) in [5.41, 5.74) is 1.40. The number of likely N-dealkylation sites (tertiary alicyclic amines) is 2. The minimum atomic E-state index is -0.728. The first-order valence-electron chi connectivity index (χ1n) is 19.3. The van der Waals surface area contributed by atoms with Gasteiger partial charge in [0.15, 0.2) is 23.0 Å². The van der Waals surface area contributed by atoms with Crippen LogP contribution in [0.5, 0.6) is 23.0 Å². The lowest BCUT2D eigenvalue weighted by atomic mass is 9.52. The molecule has 2 N–H and O–H groups in total. The minimum Gasteiger partial charge on any atom is -0.504 e. The van der Waals surface area contributed by atoms with Crippen molar-refractivity contribution in [1.29, 1.82) is 0 Å². The zero-order valence-corrected chi connectivity index (χ0v) is 32.0. The summed E-state index contributed by atoms with van der Waals surface area (Å²) < 4.78 is 24.1. The molecule has 10 nitrogen and oxygen atoms in total. The first kappa shape index (κ1) is 36.8. The van der Waals surface area contributed by atoms with Gasteiger partial charge in [-0.25, -0.2) is 0 Å². The van der Waals surface area contributed by atoms with Gasteiger partial charge in [0.05, 0.1) is 26.1 Å². The molecule has 0 bridgehead atoms. The highest BCUT2D eigenvalue weighted by Crippen LogP contribution is 2.60. The van der Waals surface area contributed by atoms with Gasteiger partial charge in [0.2, 0.25) is 0 Å². The molecule has 5 aliphatic rings. The number of benzene rings is 2. The van der Waals surface area contributed by atoms with Crippen LogP contribution in [0.2, 0.25) is 0 Å². The molecule has 284 valence electrons. The Morgan fingerprint density at radius 1 is 0.615 bits per heavy atom. The van der Waals surface area contributed by atoms with Crippen LogP contribution in [0.1, 0.15) is 63.5 Å². The third-order valence-corrected chi connectivity index (χ3v) is 14.1. The van der Waals surface area contributed by atoms with Crippen LogP contribution in [0.4, 0.5) is 0 Å². The van der Waals surface area contributed by atoms with E-state index in [-0.39, 0.29) is 59.0 Å². The van der Waals surface area contributed by atoms with Crippen molar-refractivity contribution in [2.24, 2.45) is 59.2 Å². The van der Waals surface area contributed by atoms with Gasteiger partial charge in [-0.05, 0) is 110 Å². The molecule has 2 saturated heterocycles. The van der Waals surface area contributed by atoms with Crippen LogP contribution < -0.4 is 9.47 Å². The molecule has 0 unspecified atom stereocenters. The van der Waals surface area contributed by atoms with E-state index in [1.165, 1.54) is 14.2 Å². The van der Waals surface area contributed by atoms with E-state index in [1.54, 1.807) is 36.4 Å². The molecule has 2 aromatic carbocycles. The highest BCUT2D eigenvalue weighted by molar-refractivity contribution is 5.86. The molecule has 52 heavy (non-hydrogen) atoms. The van der Waals surface area contributed by atoms with Crippen LogP contribution in [-0.4, -0.2) is 98.7 Å². The number of rotatable bonds is 8. The molecule has 10 atom stereocenters. The quantitative estimate of drug-likeness (QED) is 0.327. The van der Waals surface area contributed by atoms with Gasteiger partial charge in [0.1, 0.15) is 12.2 Å². The van der Waals surface area contributed by atoms with Crippen molar-refractivity contribution in [1.82, 2.24) is 9.80 Å². The van der Waals surface area contributed by atoms with Crippen LogP contribution in [0.15, 0.2) is 36.4 Å². The first-order chi connectivity index (χ1) is 24.8. The SMILES string of the molecule is COc1cc(C2C(C(=O)O[C@@H]3C[C@@H]4[C@@H](CN(C)C[C@@H]4C)[C@@H]3C)C(c3ccc(O)c(OC)c3)C2C(=O)O[C@@H]2C[C@@H]3[C@@H](CN(C)C[C@@H]3C)[C@@H]2C)ccc1O. The number of ether oxygens (including phenoxy) is 4. The van der Waals surface area contributed by atoms with Gasteiger partial charge < -0.3 is 39.0 Å². The Labute approximate surface area is 308 Å². The lowest BCUT2D eigenvalue weighted by Crippen LogP contribution is -2.53. The van der Waals surface area contributed by atoms with Gasteiger partial charge in [-0.1, -0.05) is 39.8 Å². The molecule has 0 amide bonds. The molecule has 2 aliphatic heterocycles. The van der Waals surface area contributed by atoms with Crippen LogP contribution in [0, 0.1) is 59.2 Å². The van der Waals surface area contributed by atoms with Gasteiger partial charge in [-0.15, -0.1) is 0 Å². The zero-order chi connectivity index (χ0) is 37.2. The lowest BCUT2D eigenvalue weighted by Gasteiger charge is -2.50. The maximum atomic E-state index is 14.7. The monoisotopic (exact) mass is 718 g/mol. The highest BCUT2D eigenvalue weighted by Gasteiger charge is 2.61. The smallest absolute Gasteiger partial charge is 0.310 e. The molecular formula is C42H58N2O8. The largest absolute Gasteiger partial charge is 0.504 e. The number of nitrogens with zero attached hydrogens (tertiary/aromatic N) is 2. The van der Waals surface area contributed by atoms with Crippen LogP contribution in [0.3, 0.4) is 0 Å². The summed E-state index contributed by atoms with van der Waals surface area (Å²) in [4.78, 5) is 34.3. The molecule has 2 heterocycles. The van der Waals surface area contributed by atoms with Gasteiger partial charge >= 0.3 is 11.9 Å². The Bertz CT molecular complexity index is 1520. The van der Waals surface area contributed by atoms with E-state index in [2.05, 4.69) is 51.6 Å². The van der Waals surface area contributed by atoms with Crippen LogP contribution in [-0.2, 0) is 19.1 Å². The third-order valence-electron chi connectivity index (χ3n) is 14.1. The molecule has 0 radical (unpaired) electrons. The molecule has 7 rings (SSSR count). The Morgan fingerprint density at radius 3 is 1.37 bits per heavy atom. The topological polar surface area (TPSA) is 118 Å². The summed E-state index contributed by atoms with van der Waals surface area (Å²) in [6.45, 7) is 13.1. The van der Waals surface area contributed by atoms with Crippen molar-refractivity contribution in [3.05, 3.63) is 47.5 Å². The fraction of sp³-hybridized carbons (Fsp3) is 0.667. The normalized spacial score (nSPS) is 38.8. The molecular weight excluding hydrogens is 660 g/mol. The third kappa shape index (κ3) is 6.42. The number of esters is 2. The Balaban J connectivity index is 1.24. The lowest BCUT2D eigenvalue weighted by molar-refractivity contribution is -0.175. The molecule has 5 fully saturated rings.